The second kappa shape index (κ2) is 7.39. The van der Waals surface area contributed by atoms with E-state index in [0.29, 0.717) is 11.4 Å². The van der Waals surface area contributed by atoms with Crippen LogP contribution in [0.4, 0.5) is 5.82 Å². The molecule has 1 heterocycles. The molecule has 0 saturated heterocycles. The van der Waals surface area contributed by atoms with Crippen LogP contribution >= 0.6 is 0 Å². The van der Waals surface area contributed by atoms with Gasteiger partial charge in [0, 0.05) is 12.1 Å². The zero-order valence-electron chi connectivity index (χ0n) is 15.0. The van der Waals surface area contributed by atoms with Crippen molar-refractivity contribution in [3.8, 4) is 0 Å². The Kier molecular flexibility index (Phi) is 5.02. The van der Waals surface area contributed by atoms with Crippen molar-refractivity contribution in [3.63, 3.8) is 0 Å². The first-order valence-electron chi connectivity index (χ1n) is 8.50. The van der Waals surface area contributed by atoms with Crippen LogP contribution in [0.3, 0.4) is 0 Å². The van der Waals surface area contributed by atoms with Crippen molar-refractivity contribution < 1.29 is 14.3 Å². The van der Waals surface area contributed by atoms with Crippen LogP contribution in [0.25, 0.3) is 10.8 Å². The average molecular weight is 351 g/mol. The molecule has 6 nitrogen and oxygen atoms in total. The summed E-state index contributed by atoms with van der Waals surface area (Å²) in [6.07, 6.45) is 0.686. The molecule has 0 radical (unpaired) electrons. The molecule has 134 valence electrons. The number of nitrogens with zero attached hydrogens (tertiary/aromatic N) is 2. The number of fused-ring (bicyclic) bond motifs is 1. The minimum atomic E-state index is -0.926. The lowest BCUT2D eigenvalue weighted by Gasteiger charge is -2.16. The van der Waals surface area contributed by atoms with Gasteiger partial charge in [-0.3, -0.25) is 4.79 Å². The molecule has 0 unspecified atom stereocenters. The van der Waals surface area contributed by atoms with Gasteiger partial charge in [0.05, 0.1) is 11.8 Å². The highest BCUT2D eigenvalue weighted by Crippen LogP contribution is 2.17. The molecule has 26 heavy (non-hydrogen) atoms. The maximum absolute atomic E-state index is 12.4. The van der Waals surface area contributed by atoms with E-state index in [1.807, 2.05) is 44.2 Å². The van der Waals surface area contributed by atoms with E-state index in [4.69, 9.17) is 4.74 Å². The molecule has 1 amide bonds. The van der Waals surface area contributed by atoms with Gasteiger partial charge in [-0.05, 0) is 43.7 Å². The highest BCUT2D eigenvalue weighted by molar-refractivity contribution is 5.98. The average Bonchev–Trinajstić information content (AvgIpc) is 3.09. The van der Waals surface area contributed by atoms with Crippen molar-refractivity contribution in [2.45, 2.75) is 32.9 Å². The molecule has 3 rings (SSSR count). The summed E-state index contributed by atoms with van der Waals surface area (Å²) in [4.78, 5) is 24.7. The SMILES string of the molecule is CC(C)n1nccc1NC(=O)[C@@H](C)OC(=O)c1ccc2ccccc2c1. The van der Waals surface area contributed by atoms with Gasteiger partial charge in [0.1, 0.15) is 5.82 Å². The maximum Gasteiger partial charge on any atom is 0.338 e. The molecule has 0 aliphatic heterocycles. The fourth-order valence-corrected chi connectivity index (χ4v) is 2.65. The molecule has 1 atom stereocenters. The van der Waals surface area contributed by atoms with Gasteiger partial charge in [0.25, 0.3) is 5.91 Å². The predicted molar refractivity (Wildman–Crippen MR) is 100 cm³/mol. The Balaban J connectivity index is 1.67. The summed E-state index contributed by atoms with van der Waals surface area (Å²) in [5.41, 5.74) is 0.413. The quantitative estimate of drug-likeness (QED) is 0.710. The van der Waals surface area contributed by atoms with E-state index in [2.05, 4.69) is 10.4 Å². The molecule has 0 fully saturated rings. The molecular formula is C20H21N3O3. The van der Waals surface area contributed by atoms with Gasteiger partial charge in [-0.2, -0.15) is 5.10 Å². The molecule has 0 spiro atoms. The first-order valence-corrected chi connectivity index (χ1v) is 8.50. The standard InChI is InChI=1S/C20H21N3O3/c1-13(2)23-18(10-11-21-23)22-19(24)14(3)26-20(25)17-9-8-15-6-4-5-7-16(15)12-17/h4-14H,1-3H3,(H,22,24)/t14-/m1/s1. The van der Waals surface area contributed by atoms with Gasteiger partial charge in [-0.25, -0.2) is 9.48 Å². The number of amides is 1. The third-order valence-electron chi connectivity index (χ3n) is 4.05. The fraction of sp³-hybridized carbons (Fsp3) is 0.250. The topological polar surface area (TPSA) is 73.2 Å². The van der Waals surface area contributed by atoms with Crippen LogP contribution in [0.1, 0.15) is 37.2 Å². The summed E-state index contributed by atoms with van der Waals surface area (Å²) in [7, 11) is 0. The lowest BCUT2D eigenvalue weighted by atomic mass is 10.1. The molecule has 3 aromatic rings. The van der Waals surface area contributed by atoms with Crippen LogP contribution in [-0.4, -0.2) is 27.8 Å². The molecule has 2 aromatic carbocycles. The molecule has 0 bridgehead atoms. The molecule has 0 saturated carbocycles. The van der Waals surface area contributed by atoms with E-state index in [1.54, 1.807) is 36.0 Å². The minimum Gasteiger partial charge on any atom is -0.449 e. The number of benzene rings is 2. The number of rotatable bonds is 5. The van der Waals surface area contributed by atoms with E-state index in [0.717, 1.165) is 10.8 Å². The lowest BCUT2D eigenvalue weighted by molar-refractivity contribution is -0.123. The molecular weight excluding hydrogens is 330 g/mol. The monoisotopic (exact) mass is 351 g/mol. The fourth-order valence-electron chi connectivity index (χ4n) is 2.65. The van der Waals surface area contributed by atoms with Gasteiger partial charge < -0.3 is 10.1 Å². The molecule has 1 N–H and O–H groups in total. The van der Waals surface area contributed by atoms with Crippen LogP contribution in [0.5, 0.6) is 0 Å². The highest BCUT2D eigenvalue weighted by Gasteiger charge is 2.20. The Hall–Kier alpha value is -3.15. The maximum atomic E-state index is 12.4. The largest absolute Gasteiger partial charge is 0.449 e. The van der Waals surface area contributed by atoms with Gasteiger partial charge in [-0.15, -0.1) is 0 Å². The molecule has 1 aromatic heterocycles. The van der Waals surface area contributed by atoms with Crippen molar-refractivity contribution in [2.24, 2.45) is 0 Å². The van der Waals surface area contributed by atoms with Crippen molar-refractivity contribution >= 4 is 28.5 Å². The van der Waals surface area contributed by atoms with Crippen LogP contribution in [0, 0.1) is 0 Å². The van der Waals surface area contributed by atoms with Crippen molar-refractivity contribution in [2.75, 3.05) is 5.32 Å². The lowest BCUT2D eigenvalue weighted by Crippen LogP contribution is -2.31. The second-order valence-electron chi connectivity index (χ2n) is 6.35. The third kappa shape index (κ3) is 3.74. The van der Waals surface area contributed by atoms with Crippen LogP contribution < -0.4 is 5.32 Å². The number of hydrogen-bond acceptors (Lipinski definition) is 4. The Morgan fingerprint density at radius 1 is 1.04 bits per heavy atom. The summed E-state index contributed by atoms with van der Waals surface area (Å²) in [6.45, 7) is 5.47. The Morgan fingerprint density at radius 3 is 2.50 bits per heavy atom. The van der Waals surface area contributed by atoms with Gasteiger partial charge in [0.15, 0.2) is 6.10 Å². The minimum absolute atomic E-state index is 0.107. The van der Waals surface area contributed by atoms with Crippen molar-refractivity contribution in [1.29, 1.82) is 0 Å². The Bertz CT molecular complexity index is 946. The predicted octanol–water partition coefficient (Wildman–Crippen LogP) is 3.80. The van der Waals surface area contributed by atoms with Gasteiger partial charge >= 0.3 is 5.97 Å². The summed E-state index contributed by atoms with van der Waals surface area (Å²) in [5, 5.41) is 8.89. The summed E-state index contributed by atoms with van der Waals surface area (Å²) < 4.78 is 7.01. The normalized spacial score (nSPS) is 12.2. The van der Waals surface area contributed by atoms with E-state index >= 15 is 0 Å². The number of anilines is 1. The third-order valence-corrected chi connectivity index (χ3v) is 4.05. The van der Waals surface area contributed by atoms with E-state index in [-0.39, 0.29) is 6.04 Å². The Labute approximate surface area is 151 Å². The number of carbonyl (C=O) groups is 2. The Morgan fingerprint density at radius 2 is 1.77 bits per heavy atom. The van der Waals surface area contributed by atoms with Gasteiger partial charge in [0.2, 0.25) is 0 Å². The van der Waals surface area contributed by atoms with E-state index < -0.39 is 18.0 Å². The zero-order valence-corrected chi connectivity index (χ0v) is 15.0. The number of hydrogen-bond donors (Lipinski definition) is 1. The summed E-state index contributed by atoms with van der Waals surface area (Å²) in [6, 6.07) is 14.9. The summed E-state index contributed by atoms with van der Waals surface area (Å²) in [5.74, 6) is -0.365. The number of esters is 1. The van der Waals surface area contributed by atoms with Crippen molar-refractivity contribution in [3.05, 3.63) is 60.3 Å². The molecule has 0 aliphatic rings. The molecule has 6 heteroatoms. The number of aromatic nitrogens is 2. The first kappa shape index (κ1) is 17.7. The number of carbonyl (C=O) groups excluding carboxylic acids is 2. The van der Waals surface area contributed by atoms with E-state index in [1.165, 1.54) is 0 Å². The van der Waals surface area contributed by atoms with Crippen LogP contribution in [-0.2, 0) is 9.53 Å². The van der Waals surface area contributed by atoms with Gasteiger partial charge in [-0.1, -0.05) is 30.3 Å². The number of nitrogens with one attached hydrogen (secondary N) is 1. The van der Waals surface area contributed by atoms with Crippen molar-refractivity contribution in [1.82, 2.24) is 9.78 Å². The smallest absolute Gasteiger partial charge is 0.338 e. The highest BCUT2D eigenvalue weighted by atomic mass is 16.5. The van der Waals surface area contributed by atoms with Crippen LogP contribution in [0.2, 0.25) is 0 Å². The second-order valence-corrected chi connectivity index (χ2v) is 6.35. The van der Waals surface area contributed by atoms with Crippen LogP contribution in [0.15, 0.2) is 54.7 Å². The first-order chi connectivity index (χ1) is 12.5. The number of ether oxygens (including phenoxy) is 1. The summed E-state index contributed by atoms with van der Waals surface area (Å²) >= 11 is 0. The van der Waals surface area contributed by atoms with E-state index in [9.17, 15) is 9.59 Å². The molecule has 0 aliphatic carbocycles. The zero-order chi connectivity index (χ0) is 18.7.